The second-order valence-corrected chi connectivity index (χ2v) is 6.20. The lowest BCUT2D eigenvalue weighted by Crippen LogP contribution is -2.01. The predicted molar refractivity (Wildman–Crippen MR) is 105 cm³/mol. The van der Waals surface area contributed by atoms with Gasteiger partial charge in [-0.2, -0.15) is 0 Å². The van der Waals surface area contributed by atoms with Crippen molar-refractivity contribution in [2.75, 3.05) is 21.3 Å². The predicted octanol–water partition coefficient (Wildman–Crippen LogP) is 3.54. The van der Waals surface area contributed by atoms with Gasteiger partial charge in [0.05, 0.1) is 21.3 Å². The van der Waals surface area contributed by atoms with E-state index in [1.165, 1.54) is 21.3 Å². The third-order valence-electron chi connectivity index (χ3n) is 4.22. The van der Waals surface area contributed by atoms with E-state index in [1.807, 2.05) is 0 Å². The molecule has 0 heterocycles. The van der Waals surface area contributed by atoms with Crippen LogP contribution in [0.2, 0.25) is 0 Å². The van der Waals surface area contributed by atoms with Gasteiger partial charge in [0.25, 0.3) is 0 Å². The second kappa shape index (κ2) is 10.2. The van der Waals surface area contributed by atoms with Crippen LogP contribution in [0.4, 0.5) is 0 Å². The molecule has 2 aromatic rings. The van der Waals surface area contributed by atoms with Gasteiger partial charge >= 0.3 is 11.9 Å². The van der Waals surface area contributed by atoms with E-state index in [4.69, 9.17) is 29.2 Å². The van der Waals surface area contributed by atoms with Gasteiger partial charge in [-0.25, -0.2) is 0 Å². The molecule has 0 bridgehead atoms. The summed E-state index contributed by atoms with van der Waals surface area (Å²) in [6.07, 6.45) is 0.696. The van der Waals surface area contributed by atoms with Crippen molar-refractivity contribution in [3.05, 3.63) is 41.5 Å². The number of hydrogen-bond donors (Lipinski definition) is 2. The fourth-order valence-electron chi connectivity index (χ4n) is 2.74. The summed E-state index contributed by atoms with van der Waals surface area (Å²) in [6.45, 7) is 0. The molecule has 8 heteroatoms. The lowest BCUT2D eigenvalue weighted by atomic mass is 10.1. The molecule has 0 radical (unpaired) electrons. The Bertz CT molecular complexity index is 850. The molecule has 0 saturated carbocycles. The van der Waals surface area contributed by atoms with Gasteiger partial charge in [0.15, 0.2) is 23.0 Å². The molecule has 2 rings (SSSR count). The fourth-order valence-corrected chi connectivity index (χ4v) is 2.74. The molecule has 0 aliphatic carbocycles. The number of benzene rings is 2. The van der Waals surface area contributed by atoms with Crippen LogP contribution in [0.5, 0.6) is 28.7 Å². The first-order valence-electron chi connectivity index (χ1n) is 8.91. The third kappa shape index (κ3) is 6.03. The van der Waals surface area contributed by atoms with Gasteiger partial charge in [-0.15, -0.1) is 0 Å². The molecule has 0 saturated heterocycles. The minimum Gasteiger partial charge on any atom is -0.493 e. The number of ether oxygens (including phenoxy) is 4. The molecular weight excluding hydrogens is 380 g/mol. The first-order chi connectivity index (χ1) is 13.9. The highest BCUT2D eigenvalue weighted by atomic mass is 16.6. The largest absolute Gasteiger partial charge is 0.493 e. The molecule has 0 aliphatic heterocycles. The van der Waals surface area contributed by atoms with E-state index < -0.39 is 11.9 Å². The van der Waals surface area contributed by atoms with Crippen LogP contribution >= 0.6 is 0 Å². The Morgan fingerprint density at radius 3 is 1.69 bits per heavy atom. The fraction of sp³-hybridized carbons (Fsp3) is 0.333. The number of aryl methyl sites for hydroxylation is 2. The smallest absolute Gasteiger partial charge is 0.303 e. The lowest BCUT2D eigenvalue weighted by molar-refractivity contribution is -0.138. The number of rotatable bonds is 11. The van der Waals surface area contributed by atoms with Crippen LogP contribution in [-0.2, 0) is 22.4 Å². The monoisotopic (exact) mass is 404 g/mol. The van der Waals surface area contributed by atoms with Crippen LogP contribution < -0.4 is 18.9 Å². The topological polar surface area (TPSA) is 112 Å². The van der Waals surface area contributed by atoms with Crippen LogP contribution in [-0.4, -0.2) is 43.5 Å². The van der Waals surface area contributed by atoms with Gasteiger partial charge in [0.2, 0.25) is 5.75 Å². The maximum absolute atomic E-state index is 10.8. The van der Waals surface area contributed by atoms with E-state index in [0.29, 0.717) is 41.6 Å². The molecule has 0 spiro atoms. The van der Waals surface area contributed by atoms with Crippen molar-refractivity contribution in [2.45, 2.75) is 25.7 Å². The summed E-state index contributed by atoms with van der Waals surface area (Å²) >= 11 is 0. The minimum absolute atomic E-state index is 0.0157. The molecule has 29 heavy (non-hydrogen) atoms. The zero-order chi connectivity index (χ0) is 21.4. The third-order valence-corrected chi connectivity index (χ3v) is 4.22. The van der Waals surface area contributed by atoms with E-state index in [1.54, 1.807) is 30.3 Å². The van der Waals surface area contributed by atoms with Crippen molar-refractivity contribution in [1.82, 2.24) is 0 Å². The van der Waals surface area contributed by atoms with Crippen LogP contribution in [0.25, 0.3) is 0 Å². The summed E-state index contributed by atoms with van der Waals surface area (Å²) in [6, 6.07) is 8.58. The summed E-state index contributed by atoms with van der Waals surface area (Å²) in [5.41, 5.74) is 1.55. The Kier molecular flexibility index (Phi) is 7.70. The highest BCUT2D eigenvalue weighted by Crippen LogP contribution is 2.44. The molecule has 0 aromatic heterocycles. The van der Waals surface area contributed by atoms with E-state index in [9.17, 15) is 9.59 Å². The Hall–Kier alpha value is -3.42. The second-order valence-electron chi connectivity index (χ2n) is 6.20. The van der Waals surface area contributed by atoms with E-state index in [0.717, 1.165) is 11.1 Å². The molecule has 8 nitrogen and oxygen atoms in total. The quantitative estimate of drug-likeness (QED) is 0.585. The molecule has 0 unspecified atom stereocenters. The van der Waals surface area contributed by atoms with Gasteiger partial charge in [-0.05, 0) is 48.2 Å². The van der Waals surface area contributed by atoms with Crippen molar-refractivity contribution in [3.8, 4) is 28.7 Å². The van der Waals surface area contributed by atoms with Crippen molar-refractivity contribution >= 4 is 11.9 Å². The molecule has 2 N–H and O–H groups in total. The Labute approximate surface area is 168 Å². The maximum atomic E-state index is 10.8. The first kappa shape index (κ1) is 21.9. The zero-order valence-corrected chi connectivity index (χ0v) is 16.6. The summed E-state index contributed by atoms with van der Waals surface area (Å²) in [5, 5.41) is 17.7. The average Bonchev–Trinajstić information content (AvgIpc) is 2.71. The number of aliphatic carboxylic acids is 2. The number of carboxylic acids is 2. The Morgan fingerprint density at radius 1 is 0.724 bits per heavy atom. The highest BCUT2D eigenvalue weighted by molar-refractivity contribution is 5.68. The van der Waals surface area contributed by atoms with Crippen LogP contribution in [0.3, 0.4) is 0 Å². The van der Waals surface area contributed by atoms with Gasteiger partial charge in [-0.3, -0.25) is 9.59 Å². The summed E-state index contributed by atoms with van der Waals surface area (Å²) in [4.78, 5) is 21.6. The molecule has 0 fully saturated rings. The van der Waals surface area contributed by atoms with Gasteiger partial charge in [0.1, 0.15) is 0 Å². The minimum atomic E-state index is -0.893. The number of hydrogen-bond acceptors (Lipinski definition) is 6. The van der Waals surface area contributed by atoms with Gasteiger partial charge in [-0.1, -0.05) is 6.07 Å². The number of carboxylic acid groups (broad SMARTS) is 2. The molecule has 156 valence electrons. The van der Waals surface area contributed by atoms with Crippen LogP contribution in [0.1, 0.15) is 24.0 Å². The standard InChI is InChI=1S/C21H24O8/c1-26-16-10-13(5-8-19(22)23)4-7-15(16)29-21-17(27-2)11-14(6-9-20(24)25)12-18(21)28-3/h4,7,10-12H,5-6,8-9H2,1-3H3,(H,22,23)(H,24,25). The molecular formula is C21H24O8. The van der Waals surface area contributed by atoms with Gasteiger partial charge < -0.3 is 29.2 Å². The normalized spacial score (nSPS) is 10.3. The molecule has 0 aliphatic rings. The van der Waals surface area contributed by atoms with Gasteiger partial charge in [0, 0.05) is 12.8 Å². The summed E-state index contributed by atoms with van der Waals surface area (Å²) < 4.78 is 22.2. The lowest BCUT2D eigenvalue weighted by Gasteiger charge is -2.17. The van der Waals surface area contributed by atoms with Crippen LogP contribution in [0.15, 0.2) is 30.3 Å². The van der Waals surface area contributed by atoms with Crippen molar-refractivity contribution in [3.63, 3.8) is 0 Å². The van der Waals surface area contributed by atoms with Crippen molar-refractivity contribution < 1.29 is 38.7 Å². The zero-order valence-electron chi connectivity index (χ0n) is 16.6. The first-order valence-corrected chi connectivity index (χ1v) is 8.91. The van der Waals surface area contributed by atoms with Crippen LogP contribution in [0, 0.1) is 0 Å². The number of methoxy groups -OCH3 is 3. The molecule has 0 amide bonds. The number of carbonyl (C=O) groups is 2. The highest BCUT2D eigenvalue weighted by Gasteiger charge is 2.18. The SMILES string of the molecule is COc1cc(CCC(=O)O)ccc1Oc1c(OC)cc(CCC(=O)O)cc1OC. The van der Waals surface area contributed by atoms with E-state index >= 15 is 0 Å². The average molecular weight is 404 g/mol. The summed E-state index contributed by atoms with van der Waals surface area (Å²) in [5.74, 6) is 0.181. The van der Waals surface area contributed by atoms with Crippen molar-refractivity contribution in [2.24, 2.45) is 0 Å². The Balaban J connectivity index is 2.34. The maximum Gasteiger partial charge on any atom is 0.303 e. The molecule has 0 atom stereocenters. The Morgan fingerprint density at radius 2 is 1.21 bits per heavy atom. The van der Waals surface area contributed by atoms with E-state index in [2.05, 4.69) is 0 Å². The van der Waals surface area contributed by atoms with Crippen molar-refractivity contribution in [1.29, 1.82) is 0 Å². The molecule has 2 aromatic carbocycles. The van der Waals surface area contributed by atoms with E-state index in [-0.39, 0.29) is 12.8 Å². The summed E-state index contributed by atoms with van der Waals surface area (Å²) in [7, 11) is 4.45.